The average molecular weight is 707 g/mol. The van der Waals surface area contributed by atoms with Crippen LogP contribution in [-0.4, -0.2) is 15.0 Å². The number of aromatic nitrogens is 3. The molecule has 0 spiro atoms. The van der Waals surface area contributed by atoms with Crippen molar-refractivity contribution in [3.8, 4) is 56.5 Å². The molecule has 0 aliphatic carbocycles. The molecule has 3 aromatic heterocycles. The number of para-hydroxylation sites is 5. The van der Waals surface area contributed by atoms with Gasteiger partial charge in [0.25, 0.3) is 0 Å². The molecule has 0 atom stereocenters. The molecular weight excluding hydrogens is 677 g/mol. The van der Waals surface area contributed by atoms with Crippen LogP contribution in [0, 0.1) is 0 Å². The molecule has 0 unspecified atom stereocenters. The second-order valence-corrected chi connectivity index (χ2v) is 13.6. The topological polar surface area (TPSA) is 64.3 Å². The van der Waals surface area contributed by atoms with E-state index >= 15 is 0 Å². The van der Waals surface area contributed by atoms with Gasteiger partial charge in [-0.15, -0.1) is 0 Å². The summed E-state index contributed by atoms with van der Waals surface area (Å²) < 4.78 is 12.7. The first kappa shape index (κ1) is 31.0. The number of hydrogen-bond acceptors (Lipinski definition) is 6. The van der Waals surface area contributed by atoms with Crippen LogP contribution in [0.5, 0.6) is 11.5 Å². The summed E-state index contributed by atoms with van der Waals surface area (Å²) in [6.45, 7) is 0. The van der Waals surface area contributed by atoms with Crippen LogP contribution in [0.2, 0.25) is 0 Å². The average Bonchev–Trinajstić information content (AvgIpc) is 3.64. The molecule has 0 N–H and O–H groups in total. The lowest BCUT2D eigenvalue weighted by atomic mass is 9.95. The highest BCUT2D eigenvalue weighted by Crippen LogP contribution is 2.51. The van der Waals surface area contributed by atoms with Gasteiger partial charge in [-0.3, -0.25) is 4.98 Å². The fourth-order valence-corrected chi connectivity index (χ4v) is 7.82. The molecule has 1 aliphatic heterocycles. The van der Waals surface area contributed by atoms with Crippen molar-refractivity contribution in [2.24, 2.45) is 0 Å². The number of furan rings is 1. The summed E-state index contributed by atoms with van der Waals surface area (Å²) >= 11 is 0. The largest absolute Gasteiger partial charge is 0.456 e. The lowest BCUT2D eigenvalue weighted by molar-refractivity contribution is 0.477. The van der Waals surface area contributed by atoms with Crippen molar-refractivity contribution in [3.05, 3.63) is 182 Å². The highest BCUT2D eigenvalue weighted by atomic mass is 16.5. The smallest absolute Gasteiger partial charge is 0.160 e. The van der Waals surface area contributed by atoms with Crippen molar-refractivity contribution in [1.29, 1.82) is 0 Å². The Labute approximate surface area is 316 Å². The van der Waals surface area contributed by atoms with Crippen molar-refractivity contribution in [2.45, 2.75) is 0 Å². The van der Waals surface area contributed by atoms with E-state index < -0.39 is 0 Å². The van der Waals surface area contributed by atoms with Crippen molar-refractivity contribution in [1.82, 2.24) is 15.0 Å². The molecule has 0 saturated carbocycles. The zero-order chi connectivity index (χ0) is 36.3. The highest BCUT2D eigenvalue weighted by Gasteiger charge is 2.27. The first-order valence-corrected chi connectivity index (χ1v) is 18.3. The monoisotopic (exact) mass is 706 g/mol. The van der Waals surface area contributed by atoms with E-state index in [0.29, 0.717) is 5.82 Å². The van der Waals surface area contributed by atoms with Crippen LogP contribution in [0.1, 0.15) is 0 Å². The minimum atomic E-state index is 0.640. The number of pyridine rings is 1. The van der Waals surface area contributed by atoms with Crippen LogP contribution in [0.3, 0.4) is 0 Å². The van der Waals surface area contributed by atoms with E-state index in [-0.39, 0.29) is 0 Å². The summed E-state index contributed by atoms with van der Waals surface area (Å²) in [6, 6.07) is 60.1. The third-order valence-electron chi connectivity index (χ3n) is 10.3. The number of anilines is 3. The molecule has 258 valence electrons. The Morgan fingerprint density at radius 1 is 0.455 bits per heavy atom. The fourth-order valence-electron chi connectivity index (χ4n) is 7.82. The molecule has 0 amide bonds. The fraction of sp³-hybridized carbons (Fsp3) is 0. The number of benzene rings is 7. The second kappa shape index (κ2) is 12.5. The molecule has 0 saturated heterocycles. The Hall–Kier alpha value is -7.57. The van der Waals surface area contributed by atoms with Crippen LogP contribution in [0.4, 0.5) is 17.1 Å². The van der Waals surface area contributed by atoms with Crippen molar-refractivity contribution in [3.63, 3.8) is 0 Å². The predicted molar refractivity (Wildman–Crippen MR) is 221 cm³/mol. The second-order valence-electron chi connectivity index (χ2n) is 13.6. The number of nitrogens with zero attached hydrogens (tertiary/aromatic N) is 4. The Balaban J connectivity index is 1.20. The molecule has 4 heterocycles. The molecule has 6 heteroatoms. The van der Waals surface area contributed by atoms with Gasteiger partial charge in [-0.25, -0.2) is 9.97 Å². The van der Waals surface area contributed by atoms with Gasteiger partial charge in [0.1, 0.15) is 11.2 Å². The standard InChI is InChI=1S/C49H30N4O2/c1-2-13-31(14-3-1)49-51-40(30-41(52-49)37-17-11-25-47-48(37)38-15-4-7-22-44(38)54-47)33-27-32(35-16-10-19-39-36(35)18-12-26-50-39)28-34(29-33)53-42-20-5-8-23-45(42)55-46-24-9-6-21-43(46)53/h1-30H. The van der Waals surface area contributed by atoms with Gasteiger partial charge in [0.2, 0.25) is 0 Å². The highest BCUT2D eigenvalue weighted by molar-refractivity contribution is 6.12. The summed E-state index contributed by atoms with van der Waals surface area (Å²) in [5.41, 5.74) is 12.1. The zero-order valence-electron chi connectivity index (χ0n) is 29.4. The lowest BCUT2D eigenvalue weighted by Gasteiger charge is -2.33. The van der Waals surface area contributed by atoms with Crippen LogP contribution >= 0.6 is 0 Å². The normalized spacial score (nSPS) is 12.1. The molecule has 6 nitrogen and oxygen atoms in total. The summed E-state index contributed by atoms with van der Waals surface area (Å²) in [6.07, 6.45) is 1.84. The number of fused-ring (bicyclic) bond motifs is 6. The van der Waals surface area contributed by atoms with Gasteiger partial charge < -0.3 is 14.1 Å². The maximum absolute atomic E-state index is 6.43. The molecule has 0 fully saturated rings. The molecule has 0 bridgehead atoms. The van der Waals surface area contributed by atoms with Crippen LogP contribution in [-0.2, 0) is 0 Å². The predicted octanol–water partition coefficient (Wildman–Crippen LogP) is 13.2. The van der Waals surface area contributed by atoms with Gasteiger partial charge in [-0.05, 0) is 83.9 Å². The van der Waals surface area contributed by atoms with Gasteiger partial charge >= 0.3 is 0 Å². The third kappa shape index (κ3) is 5.23. The first-order chi connectivity index (χ1) is 27.2. The van der Waals surface area contributed by atoms with E-state index in [1.807, 2.05) is 97.2 Å². The molecule has 1 aliphatic rings. The zero-order valence-corrected chi connectivity index (χ0v) is 29.4. The molecule has 7 aromatic carbocycles. The van der Waals surface area contributed by atoms with Crippen molar-refractivity contribution in [2.75, 3.05) is 4.90 Å². The van der Waals surface area contributed by atoms with Crippen molar-refractivity contribution < 1.29 is 9.15 Å². The van der Waals surface area contributed by atoms with E-state index in [2.05, 4.69) is 89.8 Å². The maximum Gasteiger partial charge on any atom is 0.160 e. The summed E-state index contributed by atoms with van der Waals surface area (Å²) in [7, 11) is 0. The van der Waals surface area contributed by atoms with Gasteiger partial charge in [-0.2, -0.15) is 0 Å². The SMILES string of the molecule is c1ccc(-c2nc(-c3cc(-c4cccc5ncccc45)cc(N4c5ccccc5Oc5ccccc54)c3)cc(-c3cccc4oc5ccccc5c34)n2)cc1. The van der Waals surface area contributed by atoms with E-state index in [1.165, 1.54) is 0 Å². The van der Waals surface area contributed by atoms with E-state index in [9.17, 15) is 0 Å². The minimum absolute atomic E-state index is 0.640. The van der Waals surface area contributed by atoms with Gasteiger partial charge in [0.05, 0.1) is 28.3 Å². The Morgan fingerprint density at radius 3 is 1.98 bits per heavy atom. The first-order valence-electron chi connectivity index (χ1n) is 18.3. The molecule has 0 radical (unpaired) electrons. The van der Waals surface area contributed by atoms with E-state index in [1.54, 1.807) is 0 Å². The van der Waals surface area contributed by atoms with Gasteiger partial charge in [-0.1, -0.05) is 103 Å². The summed E-state index contributed by atoms with van der Waals surface area (Å²) in [5.74, 6) is 2.22. The molecule has 10 aromatic rings. The number of ether oxygens (including phenoxy) is 1. The van der Waals surface area contributed by atoms with E-state index in [4.69, 9.17) is 24.1 Å². The van der Waals surface area contributed by atoms with Gasteiger partial charge in [0, 0.05) is 44.7 Å². The van der Waals surface area contributed by atoms with Crippen molar-refractivity contribution >= 4 is 49.9 Å². The Morgan fingerprint density at radius 2 is 1.13 bits per heavy atom. The summed E-state index contributed by atoms with van der Waals surface area (Å²) in [4.78, 5) is 17.5. The number of hydrogen-bond donors (Lipinski definition) is 0. The molecular formula is C49H30N4O2. The summed E-state index contributed by atoms with van der Waals surface area (Å²) in [5, 5.41) is 3.15. The quantitative estimate of drug-likeness (QED) is 0.177. The maximum atomic E-state index is 6.43. The van der Waals surface area contributed by atoms with Crippen LogP contribution < -0.4 is 9.64 Å². The number of rotatable bonds is 5. The molecule has 11 rings (SSSR count). The van der Waals surface area contributed by atoms with E-state index in [0.717, 1.165) is 101 Å². The lowest BCUT2D eigenvalue weighted by Crippen LogP contribution is -2.15. The third-order valence-corrected chi connectivity index (χ3v) is 10.3. The Bertz CT molecular complexity index is 3050. The Kier molecular flexibility index (Phi) is 7.07. The molecule has 55 heavy (non-hydrogen) atoms. The van der Waals surface area contributed by atoms with Gasteiger partial charge in [0.15, 0.2) is 17.3 Å². The minimum Gasteiger partial charge on any atom is -0.456 e. The van der Waals surface area contributed by atoms with Crippen LogP contribution in [0.25, 0.3) is 77.9 Å². The van der Waals surface area contributed by atoms with Crippen LogP contribution in [0.15, 0.2) is 187 Å².